The van der Waals surface area contributed by atoms with E-state index in [1.807, 2.05) is 0 Å². The van der Waals surface area contributed by atoms with Gasteiger partial charge < -0.3 is 29.2 Å². The third-order valence-electron chi connectivity index (χ3n) is 1.89. The van der Waals surface area contributed by atoms with Gasteiger partial charge in [-0.05, 0) is 0 Å². The summed E-state index contributed by atoms with van der Waals surface area (Å²) in [7, 11) is -16.6. The first-order valence-electron chi connectivity index (χ1n) is 5.04. The Hall–Kier alpha value is -0.490. The molecule has 19 heteroatoms. The molecule has 0 saturated heterocycles. The third kappa shape index (κ3) is 10.4. The van der Waals surface area contributed by atoms with Crippen LogP contribution in [0.4, 0.5) is 0 Å². The van der Waals surface area contributed by atoms with E-state index in [0.29, 0.717) is 0 Å². The first kappa shape index (κ1) is 25.7. The summed E-state index contributed by atoms with van der Waals surface area (Å²) in [5, 5.41) is 6.04. The van der Waals surface area contributed by atoms with Gasteiger partial charge in [-0.25, -0.2) is 4.98 Å². The molecule has 0 spiro atoms. The van der Waals surface area contributed by atoms with E-state index in [2.05, 4.69) is 4.98 Å². The largest absolute Gasteiger partial charge is 0.692 e. The van der Waals surface area contributed by atoms with Gasteiger partial charge in [0, 0.05) is 21.5 Å². The zero-order valence-electron chi connectivity index (χ0n) is 11.3. The Labute approximate surface area is 135 Å². The molecule has 0 atom stereocenters. The zero-order chi connectivity index (χ0) is 19.8. The third-order valence-corrected chi connectivity index (χ3v) is 5.60. The molecule has 1 aromatic rings. The van der Waals surface area contributed by atoms with Crippen molar-refractivity contribution in [3.63, 3.8) is 0 Å². The van der Waals surface area contributed by atoms with Gasteiger partial charge in [0.05, 0.1) is 12.9 Å². The van der Waals surface area contributed by atoms with Crippen molar-refractivity contribution >= 4 is 31.7 Å². The predicted octanol–water partition coefficient (Wildman–Crippen LogP) is -1.86. The highest BCUT2D eigenvalue weighted by molar-refractivity contribution is 7.72. The minimum Gasteiger partial charge on any atom is -0.366 e. The summed E-state index contributed by atoms with van der Waals surface area (Å²) < 4.78 is 40.3. The lowest BCUT2D eigenvalue weighted by Crippen LogP contribution is -2.33. The minimum atomic E-state index is -5.41. The molecule has 0 aliphatic carbocycles. The first-order chi connectivity index (χ1) is 10.5. The highest BCUT2D eigenvalue weighted by atomic mass is 31.2. The fourth-order valence-corrected chi connectivity index (χ4v) is 3.03. The molecule has 0 fully saturated rings. The fraction of sp³-hybridized carbons (Fsp3) is 0.400. The number of hydrogen-bond acceptors (Lipinski definition) is 6. The summed E-state index contributed by atoms with van der Waals surface area (Å²) in [5.74, 6) is 0. The highest BCUT2D eigenvalue weighted by Crippen LogP contribution is 2.67. The highest BCUT2D eigenvalue weighted by Gasteiger charge is 2.59. The van der Waals surface area contributed by atoms with Gasteiger partial charge >= 0.3 is 31.7 Å². The Bertz CT molecular complexity index is 576. The number of rotatable bonds is 4. The molecule has 0 bridgehead atoms. The summed E-state index contributed by atoms with van der Waals surface area (Å²) in [5.41, 5.74) is 0. The lowest BCUT2D eigenvalue weighted by atomic mass is 10.6. The molecule has 1 aromatic heterocycles. The number of imidazole rings is 1. The van der Waals surface area contributed by atoms with Crippen LogP contribution in [-0.4, -0.2) is 58.9 Å². The van der Waals surface area contributed by atoms with Crippen LogP contribution in [0, 0.1) is 0 Å². The van der Waals surface area contributed by atoms with E-state index < -0.39 is 43.3 Å². The SMILES string of the molecule is O=P(O)(O)C(O)(Cn1ccnc1)P(=O)(O)O.O=[P+](O)O.O=[P+](O)O. The van der Waals surface area contributed by atoms with Crippen LogP contribution in [-0.2, 0) is 24.8 Å². The second-order valence-corrected chi connectivity index (χ2v) is 8.62. The molecule has 0 saturated carbocycles. The topological polar surface area (TPSA) is 268 Å². The van der Waals surface area contributed by atoms with Crippen molar-refractivity contribution in [1.82, 2.24) is 9.55 Å². The molecule has 9 N–H and O–H groups in total. The van der Waals surface area contributed by atoms with Crippen molar-refractivity contribution in [2.24, 2.45) is 0 Å². The van der Waals surface area contributed by atoms with E-state index in [1.165, 1.54) is 12.4 Å². The van der Waals surface area contributed by atoms with Crippen LogP contribution in [0.3, 0.4) is 0 Å². The van der Waals surface area contributed by atoms with Gasteiger partial charge in [0.2, 0.25) is 0 Å². The van der Waals surface area contributed by atoms with Crippen molar-refractivity contribution in [3.05, 3.63) is 18.7 Å². The van der Waals surface area contributed by atoms with Crippen LogP contribution in [0.1, 0.15) is 0 Å². The summed E-state index contributed by atoms with van der Waals surface area (Å²) in [6.45, 7) is -0.957. The maximum atomic E-state index is 10.9. The minimum absolute atomic E-state index is 0.957. The van der Waals surface area contributed by atoms with Gasteiger partial charge in [0.15, 0.2) is 0 Å². The first-order valence-corrected chi connectivity index (χ1v) is 10.6. The van der Waals surface area contributed by atoms with E-state index in [1.54, 1.807) is 0 Å². The summed E-state index contributed by atoms with van der Waals surface area (Å²) in [4.78, 5) is 67.2. The Morgan fingerprint density at radius 3 is 1.50 bits per heavy atom. The fourth-order valence-electron chi connectivity index (χ4n) is 0.979. The molecule has 15 nitrogen and oxygen atoms in total. The predicted molar refractivity (Wildman–Crippen MR) is 75.4 cm³/mol. The molecular formula is C5H14N2O13P4+2. The van der Waals surface area contributed by atoms with E-state index in [4.69, 9.17) is 48.3 Å². The lowest BCUT2D eigenvalue weighted by Gasteiger charge is -2.29. The monoisotopic (exact) mass is 434 g/mol. The molecule has 1 rings (SSSR count). The summed E-state index contributed by atoms with van der Waals surface area (Å²) >= 11 is 0. The quantitative estimate of drug-likeness (QED) is 0.235. The maximum absolute atomic E-state index is 10.9. The van der Waals surface area contributed by atoms with Gasteiger partial charge in [-0.3, -0.25) is 9.13 Å². The number of aromatic nitrogens is 2. The van der Waals surface area contributed by atoms with E-state index >= 15 is 0 Å². The molecule has 0 unspecified atom stereocenters. The van der Waals surface area contributed by atoms with Crippen molar-refractivity contribution < 1.29 is 62.5 Å². The van der Waals surface area contributed by atoms with Gasteiger partial charge in [0.1, 0.15) is 0 Å². The number of aliphatic hydroxyl groups is 1. The second-order valence-electron chi connectivity index (χ2n) is 3.60. The average Bonchev–Trinajstić information content (AvgIpc) is 2.76. The normalized spacial score (nSPS) is 11.5. The van der Waals surface area contributed by atoms with Crippen LogP contribution in [0.5, 0.6) is 0 Å². The van der Waals surface area contributed by atoms with Crippen LogP contribution in [0.2, 0.25) is 0 Å². The van der Waals surface area contributed by atoms with E-state index in [-0.39, 0.29) is 0 Å². The standard InChI is InChI=1S/C5H10N2O7P2.2HO3P/c8-5(15(9,10)11,16(12,13)14)3-7-2-1-6-4-7;2*1-4(2)3/h1-2,4,8H,3H2,(H2,9,10,11)(H2,12,13,14);2*(H-,1,2,3)/p+2. The van der Waals surface area contributed by atoms with Crippen LogP contribution < -0.4 is 0 Å². The summed E-state index contributed by atoms with van der Waals surface area (Å²) in [6, 6.07) is 0. The number of nitrogens with zero attached hydrogens (tertiary/aromatic N) is 2. The van der Waals surface area contributed by atoms with Crippen LogP contribution in [0.15, 0.2) is 18.7 Å². The maximum Gasteiger partial charge on any atom is 0.692 e. The van der Waals surface area contributed by atoms with Gasteiger partial charge in [-0.1, -0.05) is 0 Å². The molecule has 24 heavy (non-hydrogen) atoms. The molecule has 1 heterocycles. The Morgan fingerprint density at radius 2 is 1.29 bits per heavy atom. The van der Waals surface area contributed by atoms with Crippen molar-refractivity contribution in [3.8, 4) is 0 Å². The molecule has 140 valence electrons. The lowest BCUT2D eigenvalue weighted by molar-refractivity contribution is 0.115. The Balaban J connectivity index is 0. The smallest absolute Gasteiger partial charge is 0.366 e. The van der Waals surface area contributed by atoms with Gasteiger partial charge in [0.25, 0.3) is 5.08 Å². The molecule has 0 amide bonds. The molecule has 0 radical (unpaired) electrons. The van der Waals surface area contributed by atoms with Crippen molar-refractivity contribution in [1.29, 1.82) is 0 Å². The second kappa shape index (κ2) is 10.5. The average molecular weight is 434 g/mol. The van der Waals surface area contributed by atoms with Gasteiger partial charge in [-0.15, -0.1) is 19.6 Å². The summed E-state index contributed by atoms with van der Waals surface area (Å²) in [6.07, 6.45) is 3.51. The zero-order valence-corrected chi connectivity index (χ0v) is 14.9. The van der Waals surface area contributed by atoms with Gasteiger partial charge in [-0.2, -0.15) is 0 Å². The Kier molecular flexibility index (Phi) is 11.3. The van der Waals surface area contributed by atoms with Crippen molar-refractivity contribution in [2.75, 3.05) is 0 Å². The molecule has 0 aromatic carbocycles. The Morgan fingerprint density at radius 1 is 0.958 bits per heavy atom. The molecule has 0 aliphatic rings. The van der Waals surface area contributed by atoms with Crippen molar-refractivity contribution in [2.45, 2.75) is 11.6 Å². The number of hydrogen-bond donors (Lipinski definition) is 9. The van der Waals surface area contributed by atoms with E-state index in [0.717, 1.165) is 10.9 Å². The van der Waals surface area contributed by atoms with E-state index in [9.17, 15) is 14.2 Å². The van der Waals surface area contributed by atoms with Crippen LogP contribution in [0.25, 0.3) is 0 Å². The van der Waals surface area contributed by atoms with Crippen LogP contribution >= 0.6 is 31.7 Å². The molecular weight excluding hydrogens is 420 g/mol. The molecule has 0 aliphatic heterocycles.